The van der Waals surface area contributed by atoms with Gasteiger partial charge < -0.3 is 9.72 Å². The SMILES string of the molecule is O=c1[nH]c(CN(Cc2cccs2)C[C@H]2CCCO2)nc2scc(-c3ccc(F)cc3)c12. The Hall–Kier alpha value is -2.39. The van der Waals surface area contributed by atoms with E-state index in [1.807, 2.05) is 5.38 Å². The van der Waals surface area contributed by atoms with E-state index in [0.717, 1.165) is 43.7 Å². The highest BCUT2D eigenvalue weighted by molar-refractivity contribution is 7.17. The maximum atomic E-state index is 13.3. The topological polar surface area (TPSA) is 58.2 Å². The summed E-state index contributed by atoms with van der Waals surface area (Å²) in [6, 6.07) is 10.4. The van der Waals surface area contributed by atoms with Crippen LogP contribution in [0.2, 0.25) is 0 Å². The summed E-state index contributed by atoms with van der Waals surface area (Å²) in [4.78, 5) is 25.0. The van der Waals surface area contributed by atoms with E-state index in [-0.39, 0.29) is 17.5 Å². The molecule has 0 aliphatic carbocycles. The molecule has 0 amide bonds. The normalized spacial score (nSPS) is 16.5. The van der Waals surface area contributed by atoms with E-state index in [1.165, 1.54) is 28.3 Å². The largest absolute Gasteiger partial charge is 0.377 e. The molecule has 5 nitrogen and oxygen atoms in total. The van der Waals surface area contributed by atoms with Gasteiger partial charge in [-0.2, -0.15) is 0 Å². The molecule has 0 unspecified atom stereocenters. The zero-order valence-corrected chi connectivity index (χ0v) is 18.5. The van der Waals surface area contributed by atoms with Crippen molar-refractivity contribution >= 4 is 32.9 Å². The lowest BCUT2D eigenvalue weighted by Gasteiger charge is -2.24. The van der Waals surface area contributed by atoms with Crippen LogP contribution in [0.15, 0.2) is 52.0 Å². The molecule has 1 N–H and O–H groups in total. The summed E-state index contributed by atoms with van der Waals surface area (Å²) in [6.45, 7) is 2.97. The van der Waals surface area contributed by atoms with Crippen molar-refractivity contribution in [2.24, 2.45) is 0 Å². The molecule has 0 radical (unpaired) electrons. The highest BCUT2D eigenvalue weighted by Crippen LogP contribution is 2.31. The fourth-order valence-corrected chi connectivity index (χ4v) is 5.72. The predicted octanol–water partition coefficient (Wildman–Crippen LogP) is 5.03. The van der Waals surface area contributed by atoms with Gasteiger partial charge in [0.2, 0.25) is 0 Å². The Morgan fingerprint density at radius 2 is 2.06 bits per heavy atom. The van der Waals surface area contributed by atoms with Crippen LogP contribution >= 0.6 is 22.7 Å². The fraction of sp³-hybridized carbons (Fsp3) is 0.304. The molecular weight excluding hydrogens is 433 g/mol. The summed E-state index contributed by atoms with van der Waals surface area (Å²) < 4.78 is 19.1. The molecule has 31 heavy (non-hydrogen) atoms. The summed E-state index contributed by atoms with van der Waals surface area (Å²) in [5.41, 5.74) is 1.44. The van der Waals surface area contributed by atoms with Crippen LogP contribution in [-0.4, -0.2) is 34.1 Å². The second-order valence-corrected chi connectivity index (χ2v) is 9.62. The lowest BCUT2D eigenvalue weighted by molar-refractivity contribution is 0.0674. The van der Waals surface area contributed by atoms with Crippen molar-refractivity contribution in [2.45, 2.75) is 32.0 Å². The van der Waals surface area contributed by atoms with Crippen LogP contribution in [0.25, 0.3) is 21.3 Å². The standard InChI is InChI=1S/C23H22FN3O2S2/c24-16-7-5-15(6-8-16)19-14-31-23-21(19)22(28)25-20(26-23)13-27(11-17-3-1-9-29-17)12-18-4-2-10-30-18/h2,4-8,10,14,17H,1,3,9,11-13H2,(H,25,26,28)/t17-/m1/s1. The summed E-state index contributed by atoms with van der Waals surface area (Å²) >= 11 is 3.17. The molecule has 1 atom stereocenters. The Bertz CT molecular complexity index is 1210. The number of fused-ring (bicyclic) bond motifs is 1. The lowest BCUT2D eigenvalue weighted by Crippen LogP contribution is -2.32. The molecule has 4 heterocycles. The first-order chi connectivity index (χ1) is 15.2. The Labute approximate surface area is 187 Å². The number of halogens is 1. The monoisotopic (exact) mass is 455 g/mol. The molecule has 0 bridgehead atoms. The number of H-pyrrole nitrogens is 1. The molecule has 1 aliphatic rings. The molecule has 5 rings (SSSR count). The zero-order valence-electron chi connectivity index (χ0n) is 16.8. The van der Waals surface area contributed by atoms with Gasteiger partial charge in [-0.15, -0.1) is 22.7 Å². The van der Waals surface area contributed by atoms with Gasteiger partial charge in [0.05, 0.1) is 18.0 Å². The van der Waals surface area contributed by atoms with Crippen molar-refractivity contribution in [1.29, 1.82) is 0 Å². The molecule has 0 saturated carbocycles. The number of aromatic amines is 1. The number of nitrogens with zero attached hydrogens (tertiary/aromatic N) is 2. The molecule has 1 aliphatic heterocycles. The number of benzene rings is 1. The zero-order chi connectivity index (χ0) is 21.2. The molecule has 8 heteroatoms. The second-order valence-electron chi connectivity index (χ2n) is 7.73. The van der Waals surface area contributed by atoms with Gasteiger partial charge in [0.1, 0.15) is 16.5 Å². The van der Waals surface area contributed by atoms with Gasteiger partial charge in [-0.3, -0.25) is 9.69 Å². The van der Waals surface area contributed by atoms with Gasteiger partial charge in [0.25, 0.3) is 5.56 Å². The Morgan fingerprint density at radius 3 is 2.81 bits per heavy atom. The van der Waals surface area contributed by atoms with Gasteiger partial charge in [0.15, 0.2) is 0 Å². The van der Waals surface area contributed by atoms with E-state index in [0.29, 0.717) is 22.6 Å². The van der Waals surface area contributed by atoms with Crippen LogP contribution in [0.5, 0.6) is 0 Å². The lowest BCUT2D eigenvalue weighted by atomic mass is 10.1. The van der Waals surface area contributed by atoms with Crippen molar-refractivity contribution in [3.05, 3.63) is 74.0 Å². The first-order valence-corrected chi connectivity index (χ1v) is 12.0. The second kappa shape index (κ2) is 9.00. The van der Waals surface area contributed by atoms with Crippen molar-refractivity contribution in [1.82, 2.24) is 14.9 Å². The van der Waals surface area contributed by atoms with Gasteiger partial charge in [-0.1, -0.05) is 18.2 Å². The van der Waals surface area contributed by atoms with E-state index < -0.39 is 0 Å². The van der Waals surface area contributed by atoms with Crippen molar-refractivity contribution in [3.8, 4) is 11.1 Å². The number of thiophene rings is 2. The highest BCUT2D eigenvalue weighted by Gasteiger charge is 2.21. The Morgan fingerprint density at radius 1 is 1.19 bits per heavy atom. The third-order valence-electron chi connectivity index (χ3n) is 5.47. The number of ether oxygens (including phenoxy) is 1. The molecule has 1 saturated heterocycles. The average Bonchev–Trinajstić information content (AvgIpc) is 3.51. The van der Waals surface area contributed by atoms with Crippen molar-refractivity contribution < 1.29 is 9.13 Å². The van der Waals surface area contributed by atoms with Gasteiger partial charge >= 0.3 is 0 Å². The number of hydrogen-bond donors (Lipinski definition) is 1. The maximum absolute atomic E-state index is 13.3. The quantitative estimate of drug-likeness (QED) is 0.425. The van der Waals surface area contributed by atoms with E-state index >= 15 is 0 Å². The minimum Gasteiger partial charge on any atom is -0.377 e. The Balaban J connectivity index is 1.42. The molecule has 4 aromatic rings. The van der Waals surface area contributed by atoms with Crippen LogP contribution in [0.4, 0.5) is 4.39 Å². The van der Waals surface area contributed by atoms with Crippen LogP contribution in [0.1, 0.15) is 23.5 Å². The van der Waals surface area contributed by atoms with E-state index in [4.69, 9.17) is 9.72 Å². The van der Waals surface area contributed by atoms with Gasteiger partial charge in [-0.25, -0.2) is 9.37 Å². The van der Waals surface area contributed by atoms with Crippen LogP contribution < -0.4 is 5.56 Å². The first-order valence-electron chi connectivity index (χ1n) is 10.3. The minimum atomic E-state index is -0.297. The molecule has 160 valence electrons. The van der Waals surface area contributed by atoms with E-state index in [9.17, 15) is 9.18 Å². The van der Waals surface area contributed by atoms with Crippen molar-refractivity contribution in [3.63, 3.8) is 0 Å². The molecular formula is C23H22FN3O2S2. The number of rotatable bonds is 7. The van der Waals surface area contributed by atoms with Crippen LogP contribution in [0, 0.1) is 5.82 Å². The van der Waals surface area contributed by atoms with Gasteiger partial charge in [0, 0.05) is 35.5 Å². The van der Waals surface area contributed by atoms with E-state index in [2.05, 4.69) is 27.4 Å². The summed E-state index contributed by atoms with van der Waals surface area (Å²) in [5, 5.41) is 4.55. The molecule has 3 aromatic heterocycles. The van der Waals surface area contributed by atoms with Crippen molar-refractivity contribution in [2.75, 3.05) is 13.2 Å². The first kappa shape index (κ1) is 20.5. The fourth-order valence-electron chi connectivity index (χ4n) is 4.01. The van der Waals surface area contributed by atoms with E-state index in [1.54, 1.807) is 23.5 Å². The summed E-state index contributed by atoms with van der Waals surface area (Å²) in [6.07, 6.45) is 2.39. The highest BCUT2D eigenvalue weighted by atomic mass is 32.1. The smallest absolute Gasteiger partial charge is 0.260 e. The molecule has 1 aromatic carbocycles. The van der Waals surface area contributed by atoms with Crippen LogP contribution in [0.3, 0.4) is 0 Å². The minimum absolute atomic E-state index is 0.159. The maximum Gasteiger partial charge on any atom is 0.260 e. The summed E-state index contributed by atoms with van der Waals surface area (Å²) in [7, 11) is 0. The average molecular weight is 456 g/mol. The third kappa shape index (κ3) is 4.62. The van der Waals surface area contributed by atoms with Crippen LogP contribution in [-0.2, 0) is 17.8 Å². The third-order valence-corrected chi connectivity index (χ3v) is 7.20. The number of nitrogens with one attached hydrogen (secondary N) is 1. The Kier molecular flexibility index (Phi) is 5.95. The molecule has 0 spiro atoms. The predicted molar refractivity (Wildman–Crippen MR) is 123 cm³/mol. The number of aromatic nitrogens is 2. The summed E-state index contributed by atoms with van der Waals surface area (Å²) in [5.74, 6) is 0.356. The molecule has 1 fully saturated rings. The number of hydrogen-bond acceptors (Lipinski definition) is 6. The van der Waals surface area contributed by atoms with Gasteiger partial charge in [-0.05, 0) is 42.0 Å².